The van der Waals surface area contributed by atoms with E-state index in [9.17, 15) is 9.90 Å². The van der Waals surface area contributed by atoms with Gasteiger partial charge in [-0.3, -0.25) is 4.79 Å². The minimum atomic E-state index is -0.324. The highest BCUT2D eigenvalue weighted by molar-refractivity contribution is 5.92. The lowest BCUT2D eigenvalue weighted by molar-refractivity contribution is 0.0887. The molecule has 2 N–H and O–H groups in total. The van der Waals surface area contributed by atoms with Gasteiger partial charge in [-0.05, 0) is 30.5 Å². The van der Waals surface area contributed by atoms with Gasteiger partial charge < -0.3 is 14.8 Å². The van der Waals surface area contributed by atoms with E-state index in [0.29, 0.717) is 12.2 Å². The number of carbonyl (C=O) groups excluding carboxylic acids is 1. The summed E-state index contributed by atoms with van der Waals surface area (Å²) in [6.45, 7) is 3.80. The van der Waals surface area contributed by atoms with Crippen molar-refractivity contribution in [3.8, 4) is 0 Å². The first-order valence-electron chi connectivity index (χ1n) is 7.19. The molecule has 2 rings (SSSR count). The van der Waals surface area contributed by atoms with Crippen molar-refractivity contribution in [1.29, 1.82) is 0 Å². The molecule has 0 aliphatic heterocycles. The molecule has 112 valence electrons. The smallest absolute Gasteiger partial charge is 0.287 e. The SMILES string of the molecule is CCc1oc(C(=O)NC(CO)Cc2ccccc2)cc1C. The Kier molecular flexibility index (Phi) is 5.17. The zero-order valence-electron chi connectivity index (χ0n) is 12.4. The number of amides is 1. The van der Waals surface area contributed by atoms with Crippen LogP contribution >= 0.6 is 0 Å². The molecule has 1 aromatic heterocycles. The maximum absolute atomic E-state index is 12.2. The molecule has 0 bridgehead atoms. The predicted molar refractivity (Wildman–Crippen MR) is 81.3 cm³/mol. The van der Waals surface area contributed by atoms with Gasteiger partial charge in [-0.2, -0.15) is 0 Å². The number of hydrogen-bond donors (Lipinski definition) is 2. The third-order valence-corrected chi connectivity index (χ3v) is 3.45. The Balaban J connectivity index is 2.02. The molecule has 2 aromatic rings. The second kappa shape index (κ2) is 7.09. The van der Waals surface area contributed by atoms with Crippen molar-refractivity contribution in [2.24, 2.45) is 0 Å². The first-order chi connectivity index (χ1) is 10.1. The minimum absolute atomic E-state index is 0.110. The number of benzene rings is 1. The summed E-state index contributed by atoms with van der Waals surface area (Å²) in [5.74, 6) is 0.840. The fraction of sp³-hybridized carbons (Fsp3) is 0.353. The highest BCUT2D eigenvalue weighted by atomic mass is 16.4. The molecule has 4 nitrogen and oxygen atoms in total. The van der Waals surface area contributed by atoms with Crippen molar-refractivity contribution >= 4 is 5.91 Å². The largest absolute Gasteiger partial charge is 0.456 e. The second-order valence-corrected chi connectivity index (χ2v) is 5.11. The summed E-state index contributed by atoms with van der Waals surface area (Å²) in [6.07, 6.45) is 1.34. The summed E-state index contributed by atoms with van der Waals surface area (Å²) in [7, 11) is 0. The van der Waals surface area contributed by atoms with E-state index in [2.05, 4.69) is 5.32 Å². The summed E-state index contributed by atoms with van der Waals surface area (Å²) in [6, 6.07) is 11.2. The Labute approximate surface area is 124 Å². The molecule has 1 heterocycles. The highest BCUT2D eigenvalue weighted by Crippen LogP contribution is 2.15. The van der Waals surface area contributed by atoms with Gasteiger partial charge in [0.15, 0.2) is 5.76 Å². The molecule has 0 radical (unpaired) electrons. The molecule has 0 saturated heterocycles. The van der Waals surface area contributed by atoms with Gasteiger partial charge in [0.1, 0.15) is 5.76 Å². The highest BCUT2D eigenvalue weighted by Gasteiger charge is 2.17. The van der Waals surface area contributed by atoms with E-state index in [0.717, 1.165) is 23.3 Å². The lowest BCUT2D eigenvalue weighted by Crippen LogP contribution is -2.38. The number of nitrogens with one attached hydrogen (secondary N) is 1. The molecule has 0 saturated carbocycles. The van der Waals surface area contributed by atoms with Gasteiger partial charge >= 0.3 is 0 Å². The van der Waals surface area contributed by atoms with Crippen LogP contribution in [0.25, 0.3) is 0 Å². The Hall–Kier alpha value is -2.07. The van der Waals surface area contributed by atoms with E-state index in [1.54, 1.807) is 6.07 Å². The van der Waals surface area contributed by atoms with Crippen molar-refractivity contribution in [2.45, 2.75) is 32.7 Å². The topological polar surface area (TPSA) is 62.5 Å². The van der Waals surface area contributed by atoms with E-state index in [-0.39, 0.29) is 18.6 Å². The van der Waals surface area contributed by atoms with Crippen molar-refractivity contribution in [2.75, 3.05) is 6.61 Å². The summed E-state index contributed by atoms with van der Waals surface area (Å²) in [5.41, 5.74) is 2.05. The quantitative estimate of drug-likeness (QED) is 0.858. The molecular weight excluding hydrogens is 266 g/mol. The maximum atomic E-state index is 12.2. The van der Waals surface area contributed by atoms with Crippen LogP contribution < -0.4 is 5.32 Å². The van der Waals surface area contributed by atoms with Crippen molar-refractivity contribution in [3.05, 3.63) is 59.0 Å². The number of rotatable bonds is 6. The number of hydrogen-bond acceptors (Lipinski definition) is 3. The van der Waals surface area contributed by atoms with E-state index < -0.39 is 0 Å². The van der Waals surface area contributed by atoms with Crippen molar-refractivity contribution in [3.63, 3.8) is 0 Å². The number of aryl methyl sites for hydroxylation is 2. The van der Waals surface area contributed by atoms with Gasteiger partial charge in [0.2, 0.25) is 0 Å². The standard InChI is InChI=1S/C17H21NO3/c1-3-15-12(2)9-16(21-15)17(20)18-14(11-19)10-13-7-5-4-6-8-13/h4-9,14,19H,3,10-11H2,1-2H3,(H,18,20). The van der Waals surface area contributed by atoms with Crippen LogP contribution in [0.15, 0.2) is 40.8 Å². The molecule has 0 fully saturated rings. The minimum Gasteiger partial charge on any atom is -0.456 e. The van der Waals surface area contributed by atoms with E-state index >= 15 is 0 Å². The van der Waals surface area contributed by atoms with Gasteiger partial charge in [0, 0.05) is 6.42 Å². The molecule has 1 amide bonds. The molecule has 0 aliphatic carbocycles. The zero-order valence-corrected chi connectivity index (χ0v) is 12.4. The van der Waals surface area contributed by atoms with Crippen LogP contribution in [0.5, 0.6) is 0 Å². The lowest BCUT2D eigenvalue weighted by atomic mass is 10.1. The van der Waals surface area contributed by atoms with Crippen LogP contribution in [0.2, 0.25) is 0 Å². The van der Waals surface area contributed by atoms with Gasteiger partial charge in [-0.15, -0.1) is 0 Å². The predicted octanol–water partition coefficient (Wildman–Crippen LogP) is 2.48. The lowest BCUT2D eigenvalue weighted by Gasteiger charge is -2.15. The molecule has 21 heavy (non-hydrogen) atoms. The zero-order chi connectivity index (χ0) is 15.2. The van der Waals surface area contributed by atoms with Gasteiger partial charge in [-0.25, -0.2) is 0 Å². The fourth-order valence-corrected chi connectivity index (χ4v) is 2.30. The van der Waals surface area contributed by atoms with Gasteiger partial charge in [0.25, 0.3) is 5.91 Å². The molecular formula is C17H21NO3. The van der Waals surface area contributed by atoms with Gasteiger partial charge in [0.05, 0.1) is 12.6 Å². The van der Waals surface area contributed by atoms with Crippen molar-refractivity contribution in [1.82, 2.24) is 5.32 Å². The first kappa shape index (κ1) is 15.3. The monoisotopic (exact) mass is 287 g/mol. The molecule has 0 spiro atoms. The Bertz CT molecular complexity index is 589. The third kappa shape index (κ3) is 3.95. The summed E-state index contributed by atoms with van der Waals surface area (Å²) >= 11 is 0. The van der Waals surface area contributed by atoms with Crippen LogP contribution in [0.1, 0.15) is 34.4 Å². The number of carbonyl (C=O) groups is 1. The number of aliphatic hydroxyl groups excluding tert-OH is 1. The molecule has 0 aliphatic rings. The molecule has 4 heteroatoms. The summed E-state index contributed by atoms with van der Waals surface area (Å²) in [4.78, 5) is 12.2. The van der Waals surface area contributed by atoms with Crippen molar-refractivity contribution < 1.29 is 14.3 Å². The van der Waals surface area contributed by atoms with E-state index in [1.165, 1.54) is 0 Å². The molecule has 1 atom stereocenters. The van der Waals surface area contributed by atoms with E-state index in [1.807, 2.05) is 44.2 Å². The molecule has 1 unspecified atom stereocenters. The Morgan fingerprint density at radius 1 is 1.33 bits per heavy atom. The Morgan fingerprint density at radius 2 is 2.05 bits per heavy atom. The number of furan rings is 1. The van der Waals surface area contributed by atoms with Crippen LogP contribution in [0, 0.1) is 6.92 Å². The van der Waals surface area contributed by atoms with Gasteiger partial charge in [-0.1, -0.05) is 37.3 Å². The van der Waals surface area contributed by atoms with Crippen LogP contribution in [0.3, 0.4) is 0 Å². The average Bonchev–Trinajstić information content (AvgIpc) is 2.88. The maximum Gasteiger partial charge on any atom is 0.287 e. The average molecular weight is 287 g/mol. The number of aliphatic hydroxyl groups is 1. The van der Waals surface area contributed by atoms with Crippen LogP contribution in [-0.4, -0.2) is 23.7 Å². The molecule has 1 aromatic carbocycles. The van der Waals surface area contributed by atoms with Crippen LogP contribution in [0.4, 0.5) is 0 Å². The second-order valence-electron chi connectivity index (χ2n) is 5.11. The normalized spacial score (nSPS) is 12.1. The Morgan fingerprint density at radius 3 is 2.62 bits per heavy atom. The van der Waals surface area contributed by atoms with E-state index in [4.69, 9.17) is 4.42 Å². The summed E-state index contributed by atoms with van der Waals surface area (Å²) in [5, 5.41) is 12.3. The first-order valence-corrected chi connectivity index (χ1v) is 7.19. The fourth-order valence-electron chi connectivity index (χ4n) is 2.30. The third-order valence-electron chi connectivity index (χ3n) is 3.45. The van der Waals surface area contributed by atoms with Crippen LogP contribution in [-0.2, 0) is 12.8 Å². The summed E-state index contributed by atoms with van der Waals surface area (Å²) < 4.78 is 5.53.